The molecule has 0 bridgehead atoms. The van der Waals surface area contributed by atoms with Crippen LogP contribution in [0.3, 0.4) is 0 Å². The number of hydrogen-bond acceptors (Lipinski definition) is 6. The minimum Gasteiger partial charge on any atom is -0.411 e. The predicted octanol–water partition coefficient (Wildman–Crippen LogP) is 2.23. The molecule has 90 valence electrons. The number of nitrogens with zero attached hydrogens (tertiary/aromatic N) is 3. The molecule has 1 aromatic carbocycles. The number of para-hydroxylation sites is 2. The minimum atomic E-state index is -0.500. The van der Waals surface area contributed by atoms with Crippen molar-refractivity contribution in [2.75, 3.05) is 5.43 Å². The molecule has 2 N–H and O–H groups in total. The molecule has 0 aliphatic rings. The van der Waals surface area contributed by atoms with Crippen LogP contribution in [0.4, 0.5) is 11.4 Å². The Morgan fingerprint density at radius 2 is 2.00 bits per heavy atom. The van der Waals surface area contributed by atoms with Crippen molar-refractivity contribution in [1.82, 2.24) is 0 Å². The van der Waals surface area contributed by atoms with Crippen molar-refractivity contribution in [2.24, 2.45) is 10.3 Å². The molecule has 1 aromatic rings. The number of oxime groups is 1. The van der Waals surface area contributed by atoms with Gasteiger partial charge in [0.05, 0.1) is 16.3 Å². The average molecular weight is 236 g/mol. The number of benzene rings is 1. The third-order valence-electron chi connectivity index (χ3n) is 2.12. The second kappa shape index (κ2) is 5.59. The lowest BCUT2D eigenvalue weighted by molar-refractivity contribution is -0.384. The van der Waals surface area contributed by atoms with Crippen LogP contribution in [-0.2, 0) is 0 Å². The highest BCUT2D eigenvalue weighted by Gasteiger charge is 2.11. The van der Waals surface area contributed by atoms with Crippen molar-refractivity contribution >= 4 is 22.8 Å². The van der Waals surface area contributed by atoms with Crippen LogP contribution in [0.1, 0.15) is 13.8 Å². The average Bonchev–Trinajstić information content (AvgIpc) is 2.35. The summed E-state index contributed by atoms with van der Waals surface area (Å²) in [5, 5.41) is 26.1. The Balaban J connectivity index is 2.93. The first-order valence-electron chi connectivity index (χ1n) is 4.79. The normalized spacial score (nSPS) is 12.4. The molecule has 0 spiro atoms. The number of hydrogen-bond donors (Lipinski definition) is 2. The van der Waals surface area contributed by atoms with E-state index in [-0.39, 0.29) is 11.4 Å². The van der Waals surface area contributed by atoms with Crippen LogP contribution in [-0.4, -0.2) is 21.6 Å². The summed E-state index contributed by atoms with van der Waals surface area (Å²) >= 11 is 0. The molecule has 0 saturated heterocycles. The summed E-state index contributed by atoms with van der Waals surface area (Å²) in [7, 11) is 0. The molecule has 0 saturated carbocycles. The third-order valence-corrected chi connectivity index (χ3v) is 2.12. The van der Waals surface area contributed by atoms with E-state index in [9.17, 15) is 10.1 Å². The van der Waals surface area contributed by atoms with Gasteiger partial charge >= 0.3 is 0 Å². The molecule has 0 radical (unpaired) electrons. The Morgan fingerprint density at radius 3 is 2.59 bits per heavy atom. The maximum atomic E-state index is 10.7. The summed E-state index contributed by atoms with van der Waals surface area (Å²) in [5.74, 6) is 0. The topological polar surface area (TPSA) is 100 Å². The smallest absolute Gasteiger partial charge is 0.294 e. The van der Waals surface area contributed by atoms with Gasteiger partial charge in [0, 0.05) is 6.07 Å². The number of nitrogens with one attached hydrogen (secondary N) is 1. The summed E-state index contributed by atoms with van der Waals surface area (Å²) in [6, 6.07) is 6.15. The van der Waals surface area contributed by atoms with Gasteiger partial charge in [0.25, 0.3) is 5.69 Å². The van der Waals surface area contributed by atoms with Crippen molar-refractivity contribution in [3.63, 3.8) is 0 Å². The lowest BCUT2D eigenvalue weighted by Gasteiger charge is -2.02. The largest absolute Gasteiger partial charge is 0.411 e. The van der Waals surface area contributed by atoms with Gasteiger partial charge < -0.3 is 5.21 Å². The van der Waals surface area contributed by atoms with Crippen molar-refractivity contribution in [1.29, 1.82) is 0 Å². The molecule has 0 fully saturated rings. The van der Waals surface area contributed by atoms with Gasteiger partial charge in [0.1, 0.15) is 5.69 Å². The molecule has 0 aromatic heterocycles. The van der Waals surface area contributed by atoms with E-state index in [0.29, 0.717) is 11.4 Å². The van der Waals surface area contributed by atoms with Gasteiger partial charge in [-0.05, 0) is 19.9 Å². The predicted molar refractivity (Wildman–Crippen MR) is 64.7 cm³/mol. The SMILES string of the molecule is CC(=NO)C(C)=NNc1ccccc1[N+](=O)[O-]. The van der Waals surface area contributed by atoms with E-state index in [1.807, 2.05) is 0 Å². The van der Waals surface area contributed by atoms with E-state index in [0.717, 1.165) is 0 Å². The molecular formula is C10H12N4O3. The summed E-state index contributed by atoms with van der Waals surface area (Å²) < 4.78 is 0. The van der Waals surface area contributed by atoms with Crippen LogP contribution in [0.5, 0.6) is 0 Å². The fraction of sp³-hybridized carbons (Fsp3) is 0.200. The second-order valence-corrected chi connectivity index (χ2v) is 3.27. The second-order valence-electron chi connectivity index (χ2n) is 3.27. The number of anilines is 1. The van der Waals surface area contributed by atoms with E-state index in [1.54, 1.807) is 32.0 Å². The summed E-state index contributed by atoms with van der Waals surface area (Å²) in [4.78, 5) is 10.2. The summed E-state index contributed by atoms with van der Waals surface area (Å²) in [6.45, 7) is 3.19. The van der Waals surface area contributed by atoms with E-state index < -0.39 is 4.92 Å². The van der Waals surface area contributed by atoms with Crippen LogP contribution < -0.4 is 5.43 Å². The van der Waals surface area contributed by atoms with Crippen LogP contribution in [0.15, 0.2) is 34.5 Å². The van der Waals surface area contributed by atoms with Gasteiger partial charge in [-0.1, -0.05) is 17.3 Å². The monoisotopic (exact) mass is 236 g/mol. The molecular weight excluding hydrogens is 224 g/mol. The standard InChI is InChI=1S/C10H12N4O3/c1-7(8(2)13-15)11-12-9-5-3-4-6-10(9)14(16)17/h3-6,12,15H,1-2H3. The van der Waals surface area contributed by atoms with Gasteiger partial charge in [-0.2, -0.15) is 5.10 Å². The fourth-order valence-corrected chi connectivity index (χ4v) is 1.02. The van der Waals surface area contributed by atoms with E-state index in [2.05, 4.69) is 15.7 Å². The van der Waals surface area contributed by atoms with Gasteiger partial charge in [-0.15, -0.1) is 0 Å². The maximum absolute atomic E-state index is 10.7. The van der Waals surface area contributed by atoms with Gasteiger partial charge in [-0.3, -0.25) is 15.5 Å². The molecule has 1 rings (SSSR count). The van der Waals surface area contributed by atoms with Crippen molar-refractivity contribution in [3.05, 3.63) is 34.4 Å². The Kier molecular flexibility index (Phi) is 4.15. The molecule has 17 heavy (non-hydrogen) atoms. The highest BCUT2D eigenvalue weighted by atomic mass is 16.6. The summed E-state index contributed by atoms with van der Waals surface area (Å²) in [6.07, 6.45) is 0. The Labute approximate surface area is 97.6 Å². The van der Waals surface area contributed by atoms with Gasteiger partial charge in [0.15, 0.2) is 0 Å². The summed E-state index contributed by atoms with van der Waals surface area (Å²) in [5.41, 5.74) is 3.54. The third kappa shape index (κ3) is 3.26. The van der Waals surface area contributed by atoms with Crippen LogP contribution in [0.25, 0.3) is 0 Å². The lowest BCUT2D eigenvalue weighted by Crippen LogP contribution is -2.08. The molecule has 7 nitrogen and oxygen atoms in total. The Bertz CT molecular complexity index is 482. The number of rotatable bonds is 4. The first-order chi connectivity index (χ1) is 8.06. The number of hydrazone groups is 1. The van der Waals surface area contributed by atoms with Crippen LogP contribution in [0, 0.1) is 10.1 Å². The zero-order valence-electron chi connectivity index (χ0n) is 9.41. The van der Waals surface area contributed by atoms with E-state index in [4.69, 9.17) is 5.21 Å². The molecule has 0 heterocycles. The minimum absolute atomic E-state index is 0.0670. The van der Waals surface area contributed by atoms with Crippen molar-refractivity contribution < 1.29 is 10.1 Å². The van der Waals surface area contributed by atoms with Crippen LogP contribution >= 0.6 is 0 Å². The molecule has 0 aliphatic heterocycles. The number of nitro groups is 1. The zero-order chi connectivity index (χ0) is 12.8. The van der Waals surface area contributed by atoms with Gasteiger partial charge in [0.2, 0.25) is 0 Å². The quantitative estimate of drug-likeness (QED) is 0.362. The Morgan fingerprint density at radius 1 is 1.35 bits per heavy atom. The van der Waals surface area contributed by atoms with Crippen molar-refractivity contribution in [2.45, 2.75) is 13.8 Å². The molecule has 7 heteroatoms. The first kappa shape index (κ1) is 12.6. The molecule has 0 unspecified atom stereocenters. The van der Waals surface area contributed by atoms with Crippen LogP contribution in [0.2, 0.25) is 0 Å². The number of nitro benzene ring substituents is 1. The van der Waals surface area contributed by atoms with E-state index >= 15 is 0 Å². The molecule has 0 atom stereocenters. The Hall–Kier alpha value is -2.44. The first-order valence-corrected chi connectivity index (χ1v) is 4.79. The fourth-order valence-electron chi connectivity index (χ4n) is 1.02. The van der Waals surface area contributed by atoms with Gasteiger partial charge in [-0.25, -0.2) is 0 Å². The zero-order valence-corrected chi connectivity index (χ0v) is 9.41. The molecule has 0 aliphatic carbocycles. The molecule has 0 amide bonds. The highest BCUT2D eigenvalue weighted by molar-refractivity contribution is 6.40. The maximum Gasteiger partial charge on any atom is 0.294 e. The highest BCUT2D eigenvalue weighted by Crippen LogP contribution is 2.22. The van der Waals surface area contributed by atoms with E-state index in [1.165, 1.54) is 6.07 Å². The van der Waals surface area contributed by atoms with Crippen molar-refractivity contribution in [3.8, 4) is 0 Å². The lowest BCUT2D eigenvalue weighted by atomic mass is 10.3.